The summed E-state index contributed by atoms with van der Waals surface area (Å²) < 4.78 is 4.14. The van der Waals surface area contributed by atoms with Crippen molar-refractivity contribution in [3.63, 3.8) is 0 Å². The Balaban J connectivity index is 0.000000185. The summed E-state index contributed by atoms with van der Waals surface area (Å²) >= 11 is 0. The molecule has 0 spiro atoms. The number of hydrogen-bond donors (Lipinski definition) is 1. The van der Waals surface area contributed by atoms with Gasteiger partial charge in [0.25, 0.3) is 5.69 Å². The molecular weight excluding hydrogens is 420 g/mol. The minimum atomic E-state index is -0.477. The first-order valence-corrected chi connectivity index (χ1v) is 9.62. The number of methoxy groups -OCH3 is 1. The summed E-state index contributed by atoms with van der Waals surface area (Å²) in [5, 5.41) is 23.0. The summed E-state index contributed by atoms with van der Waals surface area (Å²) in [6.07, 6.45) is 0. The van der Waals surface area contributed by atoms with Crippen molar-refractivity contribution in [1.82, 2.24) is 0 Å². The van der Waals surface area contributed by atoms with Gasteiger partial charge in [0.2, 0.25) is 0 Å². The first kappa shape index (κ1) is 24.3. The van der Waals surface area contributed by atoms with E-state index in [-0.39, 0.29) is 17.2 Å². The van der Waals surface area contributed by atoms with Gasteiger partial charge in [-0.05, 0) is 22.9 Å². The van der Waals surface area contributed by atoms with Gasteiger partial charge in [-0.2, -0.15) is 5.26 Å². The standard InChI is InChI=1S/C11H8N2.C10H7NO2.C4H5NO2/c12-7-9-6-5-8-3-1-2-4-10(8)11(9)13;12-11(13)10-7-3-5-8-4-1-2-6-9(8)10;1-5-3-4(6)7-2/h1-6H,13H2;1-7H;3H2,2H3. The lowest BCUT2D eigenvalue weighted by Crippen LogP contribution is -2.01. The molecule has 0 amide bonds. The largest absolute Gasteiger partial charge is 0.464 e. The predicted octanol–water partition coefficient (Wildman–Crippen LogP) is 5.12. The third-order valence-corrected chi connectivity index (χ3v) is 4.49. The number of nitro groups is 1. The van der Waals surface area contributed by atoms with E-state index in [0.717, 1.165) is 16.2 Å². The average molecular weight is 440 g/mol. The summed E-state index contributed by atoms with van der Waals surface area (Å²) in [5.74, 6) is -0.477. The zero-order valence-electron chi connectivity index (χ0n) is 17.8. The molecule has 4 aromatic carbocycles. The predicted molar refractivity (Wildman–Crippen MR) is 127 cm³/mol. The van der Waals surface area contributed by atoms with Gasteiger partial charge in [0.05, 0.1) is 28.7 Å². The highest BCUT2D eigenvalue weighted by Crippen LogP contribution is 2.25. The quantitative estimate of drug-likeness (QED) is 0.152. The van der Waals surface area contributed by atoms with Crippen LogP contribution in [0.15, 0.2) is 78.9 Å². The van der Waals surface area contributed by atoms with Gasteiger partial charge in [-0.15, -0.1) is 0 Å². The Hall–Kier alpha value is -4.95. The lowest BCUT2D eigenvalue weighted by Gasteiger charge is -2.02. The molecule has 8 nitrogen and oxygen atoms in total. The number of ether oxygens (including phenoxy) is 1. The van der Waals surface area contributed by atoms with Crippen molar-refractivity contribution in [3.05, 3.63) is 106 Å². The van der Waals surface area contributed by atoms with Gasteiger partial charge in [0, 0.05) is 11.5 Å². The molecule has 4 aromatic rings. The van der Waals surface area contributed by atoms with E-state index in [2.05, 4.69) is 15.7 Å². The molecule has 0 unspecified atom stereocenters. The summed E-state index contributed by atoms with van der Waals surface area (Å²) in [7, 11) is 1.26. The van der Waals surface area contributed by atoms with Gasteiger partial charge >= 0.3 is 12.5 Å². The lowest BCUT2D eigenvalue weighted by molar-refractivity contribution is -0.383. The van der Waals surface area contributed by atoms with Crippen LogP contribution in [0.3, 0.4) is 0 Å². The molecule has 2 N–H and O–H groups in total. The zero-order valence-corrected chi connectivity index (χ0v) is 17.8. The molecule has 4 rings (SSSR count). The second kappa shape index (κ2) is 12.0. The molecular formula is C25H20N4O4. The minimum Gasteiger partial charge on any atom is -0.464 e. The molecule has 0 radical (unpaired) electrons. The van der Waals surface area contributed by atoms with Crippen LogP contribution < -0.4 is 5.73 Å². The fourth-order valence-corrected chi connectivity index (χ4v) is 2.89. The number of nitrogens with zero attached hydrogens (tertiary/aromatic N) is 3. The number of rotatable bonds is 2. The number of carbonyl (C=O) groups is 1. The fraction of sp³-hybridized carbons (Fsp3) is 0.0800. The monoisotopic (exact) mass is 440 g/mol. The number of fused-ring (bicyclic) bond motifs is 2. The first-order valence-electron chi connectivity index (χ1n) is 9.62. The molecule has 8 heteroatoms. The Morgan fingerprint density at radius 3 is 2.15 bits per heavy atom. The number of nitrogens with two attached hydrogens (primary N) is 1. The lowest BCUT2D eigenvalue weighted by atomic mass is 10.1. The third kappa shape index (κ3) is 6.51. The molecule has 0 aromatic heterocycles. The van der Waals surface area contributed by atoms with Crippen LogP contribution in [0.25, 0.3) is 26.4 Å². The number of esters is 1. The van der Waals surface area contributed by atoms with Gasteiger partial charge in [-0.1, -0.05) is 60.7 Å². The number of hydrogen-bond acceptors (Lipinski definition) is 6. The van der Waals surface area contributed by atoms with E-state index in [9.17, 15) is 14.9 Å². The molecule has 0 heterocycles. The maximum Gasteiger partial charge on any atom is 0.386 e. The van der Waals surface area contributed by atoms with Crippen LogP contribution in [0.1, 0.15) is 5.56 Å². The second-order valence-corrected chi connectivity index (χ2v) is 6.51. The average Bonchev–Trinajstić information content (AvgIpc) is 2.85. The van der Waals surface area contributed by atoms with E-state index in [4.69, 9.17) is 17.6 Å². The third-order valence-electron chi connectivity index (χ3n) is 4.49. The highest BCUT2D eigenvalue weighted by Gasteiger charge is 2.09. The van der Waals surface area contributed by atoms with Crippen LogP contribution in [-0.2, 0) is 9.53 Å². The van der Waals surface area contributed by atoms with E-state index in [1.807, 2.05) is 48.5 Å². The maximum atomic E-state index is 10.6. The van der Waals surface area contributed by atoms with Crippen LogP contribution in [-0.4, -0.2) is 24.5 Å². The molecule has 0 fully saturated rings. The molecule has 0 saturated heterocycles. The van der Waals surface area contributed by atoms with Crippen LogP contribution in [0.5, 0.6) is 0 Å². The molecule has 0 aliphatic heterocycles. The van der Waals surface area contributed by atoms with Crippen molar-refractivity contribution in [2.75, 3.05) is 19.4 Å². The van der Waals surface area contributed by atoms with E-state index in [0.29, 0.717) is 16.6 Å². The van der Waals surface area contributed by atoms with Gasteiger partial charge in [-0.3, -0.25) is 10.1 Å². The van der Waals surface area contributed by atoms with Crippen molar-refractivity contribution < 1.29 is 14.5 Å². The summed E-state index contributed by atoms with van der Waals surface area (Å²) in [6.45, 7) is 5.99. The minimum absolute atomic E-state index is 0.165. The number of benzene rings is 4. The summed E-state index contributed by atoms with van der Waals surface area (Å²) in [5.41, 5.74) is 7.08. The van der Waals surface area contributed by atoms with Crippen LogP contribution >= 0.6 is 0 Å². The van der Waals surface area contributed by atoms with Gasteiger partial charge in [0.1, 0.15) is 6.07 Å². The van der Waals surface area contributed by atoms with E-state index in [1.165, 1.54) is 13.2 Å². The molecule has 0 aliphatic carbocycles. The number of nitrogen functional groups attached to an aromatic ring is 1. The number of nitriles is 1. The number of carbonyl (C=O) groups excluding carboxylic acids is 1. The molecule has 0 bridgehead atoms. The van der Waals surface area contributed by atoms with Crippen molar-refractivity contribution in [3.8, 4) is 6.07 Å². The van der Waals surface area contributed by atoms with E-state index < -0.39 is 5.97 Å². The van der Waals surface area contributed by atoms with E-state index >= 15 is 0 Å². The Morgan fingerprint density at radius 1 is 1.03 bits per heavy atom. The molecule has 164 valence electrons. The zero-order chi connectivity index (χ0) is 24.2. The van der Waals surface area contributed by atoms with E-state index in [1.54, 1.807) is 24.3 Å². The Kier molecular flexibility index (Phi) is 8.87. The number of anilines is 1. The molecule has 0 aliphatic rings. The number of nitro benzene ring substituents is 1. The van der Waals surface area contributed by atoms with Crippen LogP contribution in [0.2, 0.25) is 0 Å². The van der Waals surface area contributed by atoms with Crippen molar-refractivity contribution in [2.24, 2.45) is 0 Å². The van der Waals surface area contributed by atoms with Crippen molar-refractivity contribution >= 4 is 38.9 Å². The van der Waals surface area contributed by atoms with Gasteiger partial charge in [0.15, 0.2) is 0 Å². The van der Waals surface area contributed by atoms with Gasteiger partial charge < -0.3 is 15.3 Å². The van der Waals surface area contributed by atoms with Crippen LogP contribution in [0.4, 0.5) is 11.4 Å². The molecule has 0 saturated carbocycles. The maximum absolute atomic E-state index is 10.6. The van der Waals surface area contributed by atoms with Crippen molar-refractivity contribution in [2.45, 2.75) is 0 Å². The Bertz CT molecular complexity index is 1370. The van der Waals surface area contributed by atoms with Gasteiger partial charge in [-0.25, -0.2) is 11.4 Å². The first-order chi connectivity index (χ1) is 15.9. The number of non-ortho nitro benzene ring substituents is 1. The highest BCUT2D eigenvalue weighted by molar-refractivity contribution is 5.95. The molecule has 33 heavy (non-hydrogen) atoms. The fourth-order valence-electron chi connectivity index (χ4n) is 2.89. The second-order valence-electron chi connectivity index (χ2n) is 6.51. The Labute approximate surface area is 190 Å². The Morgan fingerprint density at radius 2 is 1.61 bits per heavy atom. The van der Waals surface area contributed by atoms with Crippen LogP contribution in [0, 0.1) is 28.0 Å². The highest BCUT2D eigenvalue weighted by atomic mass is 16.6. The van der Waals surface area contributed by atoms with Crippen molar-refractivity contribution in [1.29, 1.82) is 5.26 Å². The molecule has 0 atom stereocenters. The summed E-state index contributed by atoms with van der Waals surface area (Å²) in [6, 6.07) is 25.9. The smallest absolute Gasteiger partial charge is 0.386 e. The SMILES string of the molecule is N#Cc1ccc2ccccc2c1N.O=[N+]([O-])c1cccc2ccccc12.[C-]#[N+]CC(=O)OC. The normalized spacial score (nSPS) is 9.30. The summed E-state index contributed by atoms with van der Waals surface area (Å²) in [4.78, 5) is 23.0. The topological polar surface area (TPSA) is 124 Å².